The number of rotatable bonds is 8. The highest BCUT2D eigenvalue weighted by molar-refractivity contribution is 5.96. The van der Waals surface area contributed by atoms with E-state index in [2.05, 4.69) is 25.0 Å². The summed E-state index contributed by atoms with van der Waals surface area (Å²) in [5.41, 5.74) is 2.80. The maximum Gasteiger partial charge on any atom is 0.336 e. The molecule has 2 aromatic carbocycles. The minimum Gasteiger partial charge on any atom is -0.478 e. The van der Waals surface area contributed by atoms with Crippen molar-refractivity contribution in [3.8, 4) is 11.1 Å². The van der Waals surface area contributed by atoms with Gasteiger partial charge in [-0.1, -0.05) is 68.5 Å². The van der Waals surface area contributed by atoms with Crippen LogP contribution in [0.25, 0.3) is 11.1 Å². The van der Waals surface area contributed by atoms with Crippen LogP contribution in [0, 0.1) is 5.92 Å². The molecule has 0 aliphatic carbocycles. The van der Waals surface area contributed by atoms with Gasteiger partial charge < -0.3 is 5.11 Å². The molecule has 0 aliphatic rings. The topological polar surface area (TPSA) is 68.0 Å². The number of aromatic nitrogens is 3. The number of nitrogens with zero attached hydrogens (tertiary/aromatic N) is 3. The number of aromatic carboxylic acids is 1. The van der Waals surface area contributed by atoms with Gasteiger partial charge in [0.1, 0.15) is 5.82 Å². The van der Waals surface area contributed by atoms with Gasteiger partial charge in [-0.3, -0.25) is 0 Å². The van der Waals surface area contributed by atoms with Gasteiger partial charge in [-0.25, -0.2) is 14.5 Å². The Bertz CT molecular complexity index is 1000. The lowest BCUT2D eigenvalue weighted by Crippen LogP contribution is -2.09. The summed E-state index contributed by atoms with van der Waals surface area (Å²) in [5, 5.41) is 14.4. The van der Waals surface area contributed by atoms with Crippen molar-refractivity contribution in [1.82, 2.24) is 14.8 Å². The Hall–Kier alpha value is -3.21. The highest BCUT2D eigenvalue weighted by Gasteiger charge is 2.15. The van der Waals surface area contributed by atoms with Gasteiger partial charge in [-0.05, 0) is 35.6 Å². The van der Waals surface area contributed by atoms with Gasteiger partial charge in [0.05, 0.1) is 12.1 Å². The van der Waals surface area contributed by atoms with Crippen molar-refractivity contribution in [3.05, 3.63) is 83.5 Å². The van der Waals surface area contributed by atoms with E-state index in [0.717, 1.165) is 34.8 Å². The molecule has 1 N–H and O–H groups in total. The van der Waals surface area contributed by atoms with Gasteiger partial charge in [0.2, 0.25) is 0 Å². The van der Waals surface area contributed by atoms with Crippen LogP contribution < -0.4 is 0 Å². The highest BCUT2D eigenvalue weighted by atomic mass is 16.4. The van der Waals surface area contributed by atoms with Crippen LogP contribution in [-0.2, 0) is 19.4 Å². The Labute approximate surface area is 171 Å². The molecule has 5 heteroatoms. The molecule has 3 aromatic rings. The molecule has 150 valence electrons. The second kappa shape index (κ2) is 9.32. The van der Waals surface area contributed by atoms with E-state index in [-0.39, 0.29) is 0 Å². The fraction of sp³-hybridized carbons (Fsp3) is 0.292. The minimum atomic E-state index is -0.932. The zero-order chi connectivity index (χ0) is 20.8. The number of benzene rings is 2. The molecule has 29 heavy (non-hydrogen) atoms. The molecule has 0 aliphatic heterocycles. The second-order valence-electron chi connectivity index (χ2n) is 7.52. The molecule has 1 heterocycles. The van der Waals surface area contributed by atoms with E-state index < -0.39 is 5.97 Å². The summed E-state index contributed by atoms with van der Waals surface area (Å²) in [7, 11) is 0. The first-order chi connectivity index (χ1) is 14.0. The zero-order valence-electron chi connectivity index (χ0n) is 17.2. The summed E-state index contributed by atoms with van der Waals surface area (Å²) in [6, 6.07) is 15.2. The molecule has 0 saturated carbocycles. The van der Waals surface area contributed by atoms with Crippen molar-refractivity contribution in [2.24, 2.45) is 5.92 Å². The molecule has 0 atom stereocenters. The van der Waals surface area contributed by atoms with Crippen LogP contribution in [0.15, 0.2) is 60.7 Å². The number of hydrogen-bond donors (Lipinski definition) is 1. The van der Waals surface area contributed by atoms with Crippen LogP contribution in [0.1, 0.15) is 48.3 Å². The quantitative estimate of drug-likeness (QED) is 0.550. The largest absolute Gasteiger partial charge is 0.478 e. The van der Waals surface area contributed by atoms with Crippen molar-refractivity contribution in [2.45, 2.75) is 40.2 Å². The molecule has 0 radical (unpaired) electrons. The van der Waals surface area contributed by atoms with E-state index in [0.29, 0.717) is 24.4 Å². The lowest BCUT2D eigenvalue weighted by molar-refractivity contribution is 0.0697. The highest BCUT2D eigenvalue weighted by Crippen LogP contribution is 2.25. The van der Waals surface area contributed by atoms with Crippen molar-refractivity contribution < 1.29 is 9.90 Å². The number of hydrogen-bond acceptors (Lipinski definition) is 3. The molecule has 0 bridgehead atoms. The van der Waals surface area contributed by atoms with E-state index in [9.17, 15) is 9.90 Å². The predicted octanol–water partition coefficient (Wildman–Crippen LogP) is 5.01. The summed E-state index contributed by atoms with van der Waals surface area (Å²) >= 11 is 0. The third-order valence-corrected chi connectivity index (χ3v) is 4.65. The Morgan fingerprint density at radius 2 is 1.93 bits per heavy atom. The SMILES string of the molecule is C/C=C/Cc1nc(CC(C)C)nn1Cc1ccc(-c2ccccc2)c(C(=O)O)c1. The van der Waals surface area contributed by atoms with Crippen molar-refractivity contribution in [3.63, 3.8) is 0 Å². The van der Waals surface area contributed by atoms with Crippen LogP contribution in [-0.4, -0.2) is 25.8 Å². The number of carboxylic acid groups (broad SMARTS) is 1. The molecule has 3 rings (SSSR count). The molecular weight excluding hydrogens is 362 g/mol. The average Bonchev–Trinajstić information content (AvgIpc) is 3.07. The van der Waals surface area contributed by atoms with E-state index in [1.54, 1.807) is 6.07 Å². The molecule has 0 amide bonds. The maximum atomic E-state index is 11.9. The second-order valence-corrected chi connectivity index (χ2v) is 7.52. The third-order valence-electron chi connectivity index (χ3n) is 4.65. The zero-order valence-corrected chi connectivity index (χ0v) is 17.2. The van der Waals surface area contributed by atoms with E-state index in [1.165, 1.54) is 0 Å². The lowest BCUT2D eigenvalue weighted by Gasteiger charge is -2.10. The summed E-state index contributed by atoms with van der Waals surface area (Å²) in [5.74, 6) is 1.27. The Balaban J connectivity index is 1.94. The minimum absolute atomic E-state index is 0.297. The first-order valence-corrected chi connectivity index (χ1v) is 9.93. The number of carboxylic acids is 1. The monoisotopic (exact) mass is 389 g/mol. The van der Waals surface area contributed by atoms with Gasteiger partial charge in [-0.15, -0.1) is 0 Å². The molecular formula is C24H27N3O2. The van der Waals surface area contributed by atoms with Crippen molar-refractivity contribution in [1.29, 1.82) is 0 Å². The smallest absolute Gasteiger partial charge is 0.336 e. The fourth-order valence-corrected chi connectivity index (χ4v) is 3.29. The lowest BCUT2D eigenvalue weighted by atomic mass is 9.97. The maximum absolute atomic E-state index is 11.9. The molecule has 0 spiro atoms. The molecule has 1 aromatic heterocycles. The van der Waals surface area contributed by atoms with Crippen LogP contribution >= 0.6 is 0 Å². The standard InChI is InChI=1S/C24H27N3O2/c1-4-5-11-23-25-22(14-17(2)3)26-27(23)16-18-12-13-20(21(15-18)24(28)29)19-9-7-6-8-10-19/h4-10,12-13,15,17H,11,14,16H2,1-3H3,(H,28,29)/b5-4+. The van der Waals surface area contributed by atoms with Gasteiger partial charge >= 0.3 is 5.97 Å². The first-order valence-electron chi connectivity index (χ1n) is 9.93. The number of carbonyl (C=O) groups is 1. The average molecular weight is 389 g/mol. The van der Waals surface area contributed by atoms with Gasteiger partial charge in [0.25, 0.3) is 0 Å². The van der Waals surface area contributed by atoms with Crippen molar-refractivity contribution in [2.75, 3.05) is 0 Å². The van der Waals surface area contributed by atoms with Gasteiger partial charge in [0, 0.05) is 12.8 Å². The normalized spacial score (nSPS) is 11.4. The van der Waals surface area contributed by atoms with Crippen molar-refractivity contribution >= 4 is 5.97 Å². The first kappa shape index (κ1) is 20.5. The van der Waals surface area contributed by atoms with Crippen LogP contribution in [0.5, 0.6) is 0 Å². The van der Waals surface area contributed by atoms with E-state index >= 15 is 0 Å². The van der Waals surface area contributed by atoms with E-state index in [1.807, 2.05) is 60.1 Å². The van der Waals surface area contributed by atoms with Crippen LogP contribution in [0.4, 0.5) is 0 Å². The summed E-state index contributed by atoms with van der Waals surface area (Å²) in [4.78, 5) is 16.6. The molecule has 0 fully saturated rings. The summed E-state index contributed by atoms with van der Waals surface area (Å²) in [6.45, 7) is 6.77. The van der Waals surface area contributed by atoms with Crippen LogP contribution in [0.2, 0.25) is 0 Å². The van der Waals surface area contributed by atoms with Crippen LogP contribution in [0.3, 0.4) is 0 Å². The Morgan fingerprint density at radius 3 is 2.59 bits per heavy atom. The summed E-state index contributed by atoms with van der Waals surface area (Å²) in [6.07, 6.45) is 5.58. The van der Waals surface area contributed by atoms with E-state index in [4.69, 9.17) is 4.98 Å². The Kier molecular flexibility index (Phi) is 6.60. The fourth-order valence-electron chi connectivity index (χ4n) is 3.29. The third kappa shape index (κ3) is 5.19. The molecule has 5 nitrogen and oxygen atoms in total. The summed E-state index contributed by atoms with van der Waals surface area (Å²) < 4.78 is 1.89. The Morgan fingerprint density at radius 1 is 1.17 bits per heavy atom. The van der Waals surface area contributed by atoms with Gasteiger partial charge in [-0.2, -0.15) is 5.10 Å². The van der Waals surface area contributed by atoms with Gasteiger partial charge in [0.15, 0.2) is 5.82 Å². The molecule has 0 unspecified atom stereocenters. The predicted molar refractivity (Wildman–Crippen MR) is 115 cm³/mol. The molecule has 0 saturated heterocycles. The number of allylic oxidation sites excluding steroid dienone is 2.